The summed E-state index contributed by atoms with van der Waals surface area (Å²) in [6.07, 6.45) is 1.48. The molecule has 0 fully saturated rings. The van der Waals surface area contributed by atoms with Crippen molar-refractivity contribution in [1.82, 2.24) is 30.0 Å². The Kier molecular flexibility index (Phi) is 4.72. The SMILES string of the molecule is Cc1nnnn1-c1ccc(F)c(NC(=O)c2ccn(-c3cccc([N+](=O)[O-])c3)n2)c1. The molecule has 0 aliphatic rings. The lowest BCUT2D eigenvalue weighted by Gasteiger charge is -2.08. The monoisotopic (exact) mass is 408 g/mol. The number of amides is 1. The number of non-ortho nitro benzene ring substituents is 1. The third-order valence-corrected chi connectivity index (χ3v) is 4.19. The predicted octanol–water partition coefficient (Wildman–Crippen LogP) is 2.46. The van der Waals surface area contributed by atoms with E-state index < -0.39 is 16.6 Å². The number of rotatable bonds is 5. The zero-order valence-corrected chi connectivity index (χ0v) is 15.4. The maximum atomic E-state index is 14.2. The van der Waals surface area contributed by atoms with Crippen LogP contribution in [0.2, 0.25) is 0 Å². The Bertz CT molecular complexity index is 1270. The van der Waals surface area contributed by atoms with Gasteiger partial charge in [0.05, 0.1) is 22.0 Å². The maximum Gasteiger partial charge on any atom is 0.276 e. The van der Waals surface area contributed by atoms with Crippen LogP contribution < -0.4 is 5.32 Å². The highest BCUT2D eigenvalue weighted by atomic mass is 19.1. The van der Waals surface area contributed by atoms with E-state index in [0.717, 1.165) is 0 Å². The number of aromatic nitrogens is 6. The number of carbonyl (C=O) groups excluding carboxylic acids is 1. The van der Waals surface area contributed by atoms with Crippen LogP contribution in [0.1, 0.15) is 16.3 Å². The third kappa shape index (κ3) is 3.61. The van der Waals surface area contributed by atoms with E-state index in [2.05, 4.69) is 25.9 Å². The van der Waals surface area contributed by atoms with Crippen LogP contribution in [-0.2, 0) is 0 Å². The molecule has 0 atom stereocenters. The van der Waals surface area contributed by atoms with Crippen LogP contribution in [0.3, 0.4) is 0 Å². The largest absolute Gasteiger partial charge is 0.318 e. The number of anilines is 1. The van der Waals surface area contributed by atoms with Crippen molar-refractivity contribution >= 4 is 17.3 Å². The van der Waals surface area contributed by atoms with Gasteiger partial charge < -0.3 is 5.32 Å². The first-order chi connectivity index (χ1) is 14.4. The van der Waals surface area contributed by atoms with Crippen molar-refractivity contribution < 1.29 is 14.1 Å². The fourth-order valence-corrected chi connectivity index (χ4v) is 2.74. The molecule has 0 bridgehead atoms. The highest BCUT2D eigenvalue weighted by molar-refractivity contribution is 6.03. The fraction of sp³-hybridized carbons (Fsp3) is 0.0556. The molecule has 150 valence electrons. The zero-order chi connectivity index (χ0) is 21.3. The minimum Gasteiger partial charge on any atom is -0.318 e. The number of nitrogens with one attached hydrogen (secondary N) is 1. The predicted molar refractivity (Wildman–Crippen MR) is 102 cm³/mol. The average molecular weight is 408 g/mol. The number of nitro benzene ring substituents is 1. The van der Waals surface area contributed by atoms with Crippen molar-refractivity contribution in [2.24, 2.45) is 0 Å². The number of nitrogens with zero attached hydrogens (tertiary/aromatic N) is 7. The van der Waals surface area contributed by atoms with E-state index in [4.69, 9.17) is 0 Å². The summed E-state index contributed by atoms with van der Waals surface area (Å²) in [6, 6.07) is 11.3. The number of aryl methyl sites for hydroxylation is 1. The summed E-state index contributed by atoms with van der Waals surface area (Å²) < 4.78 is 16.9. The van der Waals surface area contributed by atoms with Crippen LogP contribution in [0.5, 0.6) is 0 Å². The van der Waals surface area contributed by atoms with Crippen LogP contribution in [-0.4, -0.2) is 40.8 Å². The van der Waals surface area contributed by atoms with Gasteiger partial charge in [-0.15, -0.1) is 5.10 Å². The molecule has 0 unspecified atom stereocenters. The molecule has 12 heteroatoms. The molecular formula is C18H13FN8O3. The first-order valence-electron chi connectivity index (χ1n) is 8.59. The van der Waals surface area contributed by atoms with E-state index in [0.29, 0.717) is 17.2 Å². The summed E-state index contributed by atoms with van der Waals surface area (Å²) in [5.41, 5.74) is 0.704. The highest BCUT2D eigenvalue weighted by Gasteiger charge is 2.15. The van der Waals surface area contributed by atoms with E-state index >= 15 is 0 Å². The fourth-order valence-electron chi connectivity index (χ4n) is 2.74. The summed E-state index contributed by atoms with van der Waals surface area (Å²) in [4.78, 5) is 22.9. The van der Waals surface area contributed by atoms with Crippen LogP contribution in [0.4, 0.5) is 15.8 Å². The van der Waals surface area contributed by atoms with Crippen LogP contribution >= 0.6 is 0 Å². The normalized spacial score (nSPS) is 10.7. The summed E-state index contributed by atoms with van der Waals surface area (Å²) >= 11 is 0. The molecule has 1 N–H and O–H groups in total. The molecule has 0 saturated heterocycles. The molecule has 2 aromatic heterocycles. The Morgan fingerprint density at radius 3 is 2.73 bits per heavy atom. The lowest BCUT2D eigenvalue weighted by molar-refractivity contribution is -0.384. The first-order valence-corrected chi connectivity index (χ1v) is 8.59. The molecule has 4 aromatic rings. The Balaban J connectivity index is 1.58. The molecule has 0 spiro atoms. The van der Waals surface area contributed by atoms with E-state index in [-0.39, 0.29) is 17.1 Å². The van der Waals surface area contributed by atoms with Gasteiger partial charge in [-0.25, -0.2) is 9.07 Å². The van der Waals surface area contributed by atoms with Crippen molar-refractivity contribution in [2.75, 3.05) is 5.32 Å². The van der Waals surface area contributed by atoms with E-state index in [9.17, 15) is 19.3 Å². The minimum atomic E-state index is -0.649. The molecule has 4 rings (SSSR count). The Hall–Kier alpha value is -4.48. The van der Waals surface area contributed by atoms with Gasteiger partial charge >= 0.3 is 0 Å². The van der Waals surface area contributed by atoms with Crippen LogP contribution in [0.15, 0.2) is 54.7 Å². The Morgan fingerprint density at radius 2 is 2.00 bits per heavy atom. The number of nitro groups is 1. The van der Waals surface area contributed by atoms with Crippen molar-refractivity contribution in [3.05, 3.63) is 82.2 Å². The molecule has 30 heavy (non-hydrogen) atoms. The summed E-state index contributed by atoms with van der Waals surface area (Å²) in [5, 5.41) is 28.6. The van der Waals surface area contributed by atoms with Crippen molar-refractivity contribution in [3.63, 3.8) is 0 Å². The van der Waals surface area contributed by atoms with Gasteiger partial charge in [0, 0.05) is 18.3 Å². The highest BCUT2D eigenvalue weighted by Crippen LogP contribution is 2.20. The van der Waals surface area contributed by atoms with Gasteiger partial charge in [0.1, 0.15) is 5.82 Å². The van der Waals surface area contributed by atoms with E-state index in [1.807, 2.05) is 0 Å². The molecular weight excluding hydrogens is 395 g/mol. The molecule has 0 aliphatic carbocycles. The average Bonchev–Trinajstić information content (AvgIpc) is 3.39. The van der Waals surface area contributed by atoms with Gasteiger partial charge in [0.15, 0.2) is 11.5 Å². The number of hydrogen-bond acceptors (Lipinski definition) is 7. The number of carbonyl (C=O) groups is 1. The standard InChI is InChI=1S/C18H13FN8O3/c1-11-21-23-24-26(11)13-5-6-15(19)17(10-13)20-18(28)16-7-8-25(22-16)12-3-2-4-14(9-12)27(29)30/h2-10H,1H3,(H,20,28). The van der Waals surface area contributed by atoms with Gasteiger partial charge in [-0.2, -0.15) is 9.78 Å². The van der Waals surface area contributed by atoms with Crippen molar-refractivity contribution in [1.29, 1.82) is 0 Å². The second-order valence-electron chi connectivity index (χ2n) is 6.18. The molecule has 0 saturated carbocycles. The number of hydrogen-bond donors (Lipinski definition) is 1. The van der Waals surface area contributed by atoms with E-state index in [1.165, 1.54) is 58.0 Å². The minimum absolute atomic E-state index is 0.00455. The molecule has 1 amide bonds. The lowest BCUT2D eigenvalue weighted by atomic mass is 10.2. The van der Waals surface area contributed by atoms with Gasteiger partial charge in [0.25, 0.3) is 11.6 Å². The second kappa shape index (κ2) is 7.50. The van der Waals surface area contributed by atoms with Crippen LogP contribution in [0.25, 0.3) is 11.4 Å². The summed E-state index contributed by atoms with van der Waals surface area (Å²) in [6.45, 7) is 1.68. The quantitative estimate of drug-likeness (QED) is 0.396. The van der Waals surface area contributed by atoms with Crippen molar-refractivity contribution in [3.8, 4) is 11.4 Å². The molecule has 2 heterocycles. The first kappa shape index (κ1) is 18.9. The zero-order valence-electron chi connectivity index (χ0n) is 15.4. The Labute approximate surface area is 167 Å². The topological polar surface area (TPSA) is 134 Å². The van der Waals surface area contributed by atoms with Gasteiger partial charge in [0.2, 0.25) is 0 Å². The van der Waals surface area contributed by atoms with Gasteiger partial charge in [-0.3, -0.25) is 14.9 Å². The molecule has 2 aromatic carbocycles. The maximum absolute atomic E-state index is 14.2. The van der Waals surface area contributed by atoms with Gasteiger partial charge in [-0.1, -0.05) is 6.07 Å². The second-order valence-corrected chi connectivity index (χ2v) is 6.18. The van der Waals surface area contributed by atoms with E-state index in [1.54, 1.807) is 13.0 Å². The molecule has 0 aliphatic heterocycles. The van der Waals surface area contributed by atoms with Gasteiger partial charge in [-0.05, 0) is 47.7 Å². The lowest BCUT2D eigenvalue weighted by Crippen LogP contribution is -2.15. The number of tetrazole rings is 1. The number of benzene rings is 2. The summed E-state index contributed by atoms with van der Waals surface area (Å²) in [5.74, 6) is -0.797. The number of halogens is 1. The third-order valence-electron chi connectivity index (χ3n) is 4.19. The van der Waals surface area contributed by atoms with Crippen molar-refractivity contribution in [2.45, 2.75) is 6.92 Å². The summed E-state index contributed by atoms with van der Waals surface area (Å²) in [7, 11) is 0. The molecule has 0 radical (unpaired) electrons. The molecule has 11 nitrogen and oxygen atoms in total. The smallest absolute Gasteiger partial charge is 0.276 e. The van der Waals surface area contributed by atoms with Crippen LogP contribution in [0, 0.1) is 22.9 Å². The Morgan fingerprint density at radius 1 is 1.17 bits per heavy atom.